The maximum Gasteiger partial charge on any atom is 0.243 e. The van der Waals surface area contributed by atoms with Crippen molar-refractivity contribution in [2.75, 3.05) is 47.6 Å². The van der Waals surface area contributed by atoms with Crippen LogP contribution in [0.2, 0.25) is 0 Å². The van der Waals surface area contributed by atoms with Crippen LogP contribution in [0.4, 0.5) is 0 Å². The molecule has 0 bridgehead atoms. The Balaban J connectivity index is 1.71. The van der Waals surface area contributed by atoms with Crippen LogP contribution in [0.1, 0.15) is 36.9 Å². The van der Waals surface area contributed by atoms with Crippen molar-refractivity contribution in [2.45, 2.75) is 37.1 Å². The highest BCUT2D eigenvalue weighted by molar-refractivity contribution is 7.89. The fourth-order valence-corrected chi connectivity index (χ4v) is 5.51. The lowest BCUT2D eigenvalue weighted by Gasteiger charge is -2.26. The Morgan fingerprint density at radius 2 is 1.66 bits per heavy atom. The third-order valence-corrected chi connectivity index (χ3v) is 7.93. The third kappa shape index (κ3) is 6.45. The number of hydrogen-bond donors (Lipinski definition) is 1. The number of morpholine rings is 1. The summed E-state index contributed by atoms with van der Waals surface area (Å²) in [6, 6.07) is 10.2. The molecule has 1 heterocycles. The zero-order chi connectivity index (χ0) is 25.4. The molecule has 0 saturated carbocycles. The molecular formula is C25H34N2O7S. The van der Waals surface area contributed by atoms with Gasteiger partial charge in [0.25, 0.3) is 0 Å². The molecule has 1 amide bonds. The average Bonchev–Trinajstić information content (AvgIpc) is 2.90. The molecule has 1 aliphatic heterocycles. The predicted octanol–water partition coefficient (Wildman–Crippen LogP) is 2.93. The fourth-order valence-electron chi connectivity index (χ4n) is 4.05. The molecule has 1 saturated heterocycles. The smallest absolute Gasteiger partial charge is 0.243 e. The maximum atomic E-state index is 13.0. The standard InChI is InChI=1S/C25H34N2O7S/c1-5-21(18-6-9-23(32-3)24(17-18)33-4)26-25(28)11-7-19-16-20(8-10-22(19)31-2)35(29,30)27-12-14-34-15-13-27/h6,8-10,16-17,21H,5,7,11-15H2,1-4H3,(H,26,28). The summed E-state index contributed by atoms with van der Waals surface area (Å²) in [6.07, 6.45) is 1.21. The van der Waals surface area contributed by atoms with Crippen molar-refractivity contribution in [3.05, 3.63) is 47.5 Å². The molecule has 0 aliphatic carbocycles. The van der Waals surface area contributed by atoms with E-state index in [0.717, 1.165) is 5.56 Å². The van der Waals surface area contributed by atoms with Crippen LogP contribution in [0.15, 0.2) is 41.3 Å². The molecule has 192 valence electrons. The summed E-state index contributed by atoms with van der Waals surface area (Å²) in [5, 5.41) is 3.06. The van der Waals surface area contributed by atoms with Crippen molar-refractivity contribution in [2.24, 2.45) is 0 Å². The molecule has 0 spiro atoms. The molecule has 1 fully saturated rings. The summed E-state index contributed by atoms with van der Waals surface area (Å²) >= 11 is 0. The molecule has 2 aromatic rings. The van der Waals surface area contributed by atoms with Crippen LogP contribution >= 0.6 is 0 Å². The number of sulfonamides is 1. The number of rotatable bonds is 11. The second-order valence-electron chi connectivity index (χ2n) is 8.13. The van der Waals surface area contributed by atoms with Crippen molar-refractivity contribution in [3.8, 4) is 17.2 Å². The van der Waals surface area contributed by atoms with Crippen LogP contribution in [-0.2, 0) is 26.0 Å². The number of nitrogens with one attached hydrogen (secondary N) is 1. The normalized spacial score (nSPS) is 15.3. The molecule has 2 aromatic carbocycles. The lowest BCUT2D eigenvalue weighted by molar-refractivity contribution is -0.121. The van der Waals surface area contributed by atoms with E-state index in [0.29, 0.717) is 62.0 Å². The number of carbonyl (C=O) groups excluding carboxylic acids is 1. The number of ether oxygens (including phenoxy) is 4. The minimum Gasteiger partial charge on any atom is -0.496 e. The molecule has 35 heavy (non-hydrogen) atoms. The topological polar surface area (TPSA) is 103 Å². The Labute approximate surface area is 207 Å². The van der Waals surface area contributed by atoms with Crippen molar-refractivity contribution in [1.82, 2.24) is 9.62 Å². The van der Waals surface area contributed by atoms with Crippen molar-refractivity contribution < 1.29 is 32.2 Å². The first-order valence-electron chi connectivity index (χ1n) is 11.6. The van der Waals surface area contributed by atoms with E-state index in [1.165, 1.54) is 17.5 Å². The van der Waals surface area contributed by atoms with E-state index in [9.17, 15) is 13.2 Å². The Morgan fingerprint density at radius 3 is 2.29 bits per heavy atom. The van der Waals surface area contributed by atoms with Gasteiger partial charge in [-0.15, -0.1) is 0 Å². The first-order valence-corrected chi connectivity index (χ1v) is 13.0. The monoisotopic (exact) mass is 506 g/mol. The molecule has 1 aliphatic rings. The van der Waals surface area contributed by atoms with Gasteiger partial charge in [0.1, 0.15) is 5.75 Å². The van der Waals surface area contributed by atoms with Crippen molar-refractivity contribution in [1.29, 1.82) is 0 Å². The number of nitrogens with zero attached hydrogens (tertiary/aromatic N) is 1. The molecule has 0 aromatic heterocycles. The maximum absolute atomic E-state index is 13.0. The van der Waals surface area contributed by atoms with Gasteiger partial charge < -0.3 is 24.3 Å². The summed E-state index contributed by atoms with van der Waals surface area (Å²) in [5.74, 6) is 1.62. The predicted molar refractivity (Wildman–Crippen MR) is 132 cm³/mol. The molecule has 3 rings (SSSR count). The summed E-state index contributed by atoms with van der Waals surface area (Å²) in [5.41, 5.74) is 1.57. The van der Waals surface area contributed by atoms with Crippen LogP contribution < -0.4 is 19.5 Å². The van der Waals surface area contributed by atoms with Gasteiger partial charge in [0.15, 0.2) is 11.5 Å². The van der Waals surface area contributed by atoms with E-state index in [1.807, 2.05) is 25.1 Å². The highest BCUT2D eigenvalue weighted by atomic mass is 32.2. The molecule has 10 heteroatoms. The van der Waals surface area contributed by atoms with Crippen LogP contribution in [0.3, 0.4) is 0 Å². The summed E-state index contributed by atoms with van der Waals surface area (Å²) < 4.78 is 48.9. The molecule has 1 N–H and O–H groups in total. The summed E-state index contributed by atoms with van der Waals surface area (Å²) in [7, 11) is 1.03. The lowest BCUT2D eigenvalue weighted by atomic mass is 10.0. The van der Waals surface area contributed by atoms with Gasteiger partial charge in [-0.3, -0.25) is 4.79 Å². The van der Waals surface area contributed by atoms with Crippen LogP contribution in [0.25, 0.3) is 0 Å². The van der Waals surface area contributed by atoms with E-state index in [1.54, 1.807) is 26.4 Å². The van der Waals surface area contributed by atoms with Crippen LogP contribution in [0.5, 0.6) is 17.2 Å². The average molecular weight is 507 g/mol. The Hall–Kier alpha value is -2.82. The largest absolute Gasteiger partial charge is 0.496 e. The number of amides is 1. The van der Waals surface area contributed by atoms with Gasteiger partial charge in [-0.25, -0.2) is 8.42 Å². The van der Waals surface area contributed by atoms with E-state index in [-0.39, 0.29) is 23.3 Å². The Morgan fingerprint density at radius 1 is 1.00 bits per heavy atom. The zero-order valence-electron chi connectivity index (χ0n) is 20.7. The van der Waals surface area contributed by atoms with E-state index < -0.39 is 10.0 Å². The number of aryl methyl sites for hydroxylation is 1. The second kappa shape index (κ2) is 12.2. The van der Waals surface area contributed by atoms with Gasteiger partial charge in [-0.2, -0.15) is 4.31 Å². The number of hydrogen-bond acceptors (Lipinski definition) is 7. The quantitative estimate of drug-likeness (QED) is 0.500. The van der Waals surface area contributed by atoms with Gasteiger partial charge in [0.2, 0.25) is 15.9 Å². The third-order valence-electron chi connectivity index (χ3n) is 6.03. The van der Waals surface area contributed by atoms with Crippen molar-refractivity contribution in [3.63, 3.8) is 0 Å². The van der Waals surface area contributed by atoms with Gasteiger partial charge in [-0.05, 0) is 54.3 Å². The minimum atomic E-state index is -3.64. The fraction of sp³-hybridized carbons (Fsp3) is 0.480. The number of methoxy groups -OCH3 is 3. The van der Waals surface area contributed by atoms with Gasteiger partial charge >= 0.3 is 0 Å². The van der Waals surface area contributed by atoms with Crippen LogP contribution in [-0.4, -0.2) is 66.3 Å². The van der Waals surface area contributed by atoms with Crippen LogP contribution in [0, 0.1) is 0 Å². The lowest BCUT2D eigenvalue weighted by Crippen LogP contribution is -2.40. The van der Waals surface area contributed by atoms with Gasteiger partial charge in [0, 0.05) is 19.5 Å². The summed E-state index contributed by atoms with van der Waals surface area (Å²) in [4.78, 5) is 13.0. The highest BCUT2D eigenvalue weighted by Crippen LogP contribution is 2.31. The Bertz CT molecular complexity index is 1110. The molecule has 1 unspecified atom stereocenters. The minimum absolute atomic E-state index is 0.143. The zero-order valence-corrected chi connectivity index (χ0v) is 21.5. The number of benzene rings is 2. The highest BCUT2D eigenvalue weighted by Gasteiger charge is 2.27. The van der Waals surface area contributed by atoms with Gasteiger partial charge in [-0.1, -0.05) is 13.0 Å². The Kier molecular flexibility index (Phi) is 9.36. The second-order valence-corrected chi connectivity index (χ2v) is 10.1. The first-order chi connectivity index (χ1) is 16.8. The SMILES string of the molecule is CCC(NC(=O)CCc1cc(S(=O)(=O)N2CCOCC2)ccc1OC)c1ccc(OC)c(OC)c1. The van der Waals surface area contributed by atoms with E-state index in [2.05, 4.69) is 5.32 Å². The molecular weight excluding hydrogens is 472 g/mol. The molecule has 1 atom stereocenters. The number of carbonyl (C=O) groups is 1. The summed E-state index contributed by atoms with van der Waals surface area (Å²) in [6.45, 7) is 3.38. The molecule has 0 radical (unpaired) electrons. The first kappa shape index (κ1) is 26.8. The van der Waals surface area contributed by atoms with E-state index in [4.69, 9.17) is 18.9 Å². The van der Waals surface area contributed by atoms with Crippen molar-refractivity contribution >= 4 is 15.9 Å². The molecule has 9 nitrogen and oxygen atoms in total. The van der Waals surface area contributed by atoms with E-state index >= 15 is 0 Å². The van der Waals surface area contributed by atoms with Gasteiger partial charge in [0.05, 0.1) is 45.5 Å².